The summed E-state index contributed by atoms with van der Waals surface area (Å²) in [5.41, 5.74) is -3.61. The maximum absolute atomic E-state index is 13.6. The molecule has 3 N–H and O–H groups in total. The van der Waals surface area contributed by atoms with Gasteiger partial charge in [0.05, 0.1) is 22.7 Å². The van der Waals surface area contributed by atoms with Gasteiger partial charge in [-0.25, -0.2) is 4.79 Å². The van der Waals surface area contributed by atoms with E-state index in [0.717, 1.165) is 63.4 Å². The van der Waals surface area contributed by atoms with Gasteiger partial charge in [-0.05, 0) is 99.0 Å². The smallest absolute Gasteiger partial charge is 0.331 e. The second-order valence-corrected chi connectivity index (χ2v) is 16.7. The number of hydrogen-bond donors (Lipinski definition) is 3. The number of rotatable bonds is 12. The largest absolute Gasteiger partial charge is 0.462 e. The van der Waals surface area contributed by atoms with E-state index in [-0.39, 0.29) is 30.4 Å². The predicted octanol–water partition coefficient (Wildman–Crippen LogP) is 7.02. The predicted molar refractivity (Wildman–Crippen MR) is 185 cm³/mol. The number of carbonyl (C=O) groups is 2. The molecule has 0 amide bonds. The SMILES string of the molecule is CC(=O)O[C@@H]1C[C@@]2(C)C=C[C@](O)(CC[C@H](C)CCCc3ccccc3)[C@]3(C1[C@](C)(C1CCCC1)CC[C@H]3O)[C@@]2(O)CCC1=CC(=O)OC1. The van der Waals surface area contributed by atoms with Crippen molar-refractivity contribution in [2.45, 2.75) is 141 Å². The zero-order valence-electron chi connectivity index (χ0n) is 29.6. The Morgan fingerprint density at radius 2 is 1.75 bits per heavy atom. The number of carbonyl (C=O) groups excluding carboxylic acids is 2. The Kier molecular flexibility index (Phi) is 9.82. The van der Waals surface area contributed by atoms with Crippen LogP contribution in [0.3, 0.4) is 0 Å². The molecule has 7 nitrogen and oxygen atoms in total. The lowest BCUT2D eigenvalue weighted by Crippen LogP contribution is -2.83. The van der Waals surface area contributed by atoms with Gasteiger partial charge in [0.25, 0.3) is 0 Å². The quantitative estimate of drug-likeness (QED) is 0.163. The van der Waals surface area contributed by atoms with Gasteiger partial charge in [0, 0.05) is 24.3 Å². The molecular formula is C41H58O7. The molecule has 1 aliphatic heterocycles. The maximum Gasteiger partial charge on any atom is 0.331 e. The molecule has 264 valence electrons. The summed E-state index contributed by atoms with van der Waals surface area (Å²) in [4.78, 5) is 24.8. The number of aliphatic hydroxyl groups is 3. The zero-order valence-corrected chi connectivity index (χ0v) is 29.6. The molecule has 9 atom stereocenters. The van der Waals surface area contributed by atoms with Crippen molar-refractivity contribution in [2.75, 3.05) is 6.61 Å². The Bertz CT molecular complexity index is 1400. The van der Waals surface area contributed by atoms with Crippen LogP contribution >= 0.6 is 0 Å². The molecule has 1 aromatic rings. The van der Waals surface area contributed by atoms with E-state index in [4.69, 9.17) is 9.47 Å². The molecular weight excluding hydrogens is 604 g/mol. The third kappa shape index (κ3) is 5.80. The first kappa shape index (κ1) is 35.3. The summed E-state index contributed by atoms with van der Waals surface area (Å²) in [6.07, 6.45) is 14.7. The highest BCUT2D eigenvalue weighted by Crippen LogP contribution is 2.75. The van der Waals surface area contributed by atoms with Crippen LogP contribution in [0.4, 0.5) is 0 Å². The molecule has 0 aromatic heterocycles. The van der Waals surface area contributed by atoms with Gasteiger partial charge in [0.15, 0.2) is 0 Å². The van der Waals surface area contributed by atoms with Crippen molar-refractivity contribution in [3.63, 3.8) is 0 Å². The number of benzene rings is 1. The van der Waals surface area contributed by atoms with Crippen LogP contribution in [0, 0.1) is 34.0 Å². The zero-order chi connectivity index (χ0) is 34.4. The maximum atomic E-state index is 13.6. The van der Waals surface area contributed by atoms with E-state index in [9.17, 15) is 24.9 Å². The summed E-state index contributed by atoms with van der Waals surface area (Å²) in [7, 11) is 0. The minimum absolute atomic E-state index is 0.196. The van der Waals surface area contributed by atoms with Crippen LogP contribution in [0.1, 0.15) is 117 Å². The molecule has 1 spiro atoms. The number of aliphatic hydroxyl groups excluding tert-OH is 1. The molecule has 0 saturated heterocycles. The first-order chi connectivity index (χ1) is 22.8. The monoisotopic (exact) mass is 662 g/mol. The fraction of sp³-hybridized carbons (Fsp3) is 0.707. The van der Waals surface area contributed by atoms with E-state index in [1.165, 1.54) is 18.6 Å². The summed E-state index contributed by atoms with van der Waals surface area (Å²) in [6.45, 7) is 8.17. The van der Waals surface area contributed by atoms with Crippen molar-refractivity contribution in [1.29, 1.82) is 0 Å². The lowest BCUT2D eigenvalue weighted by molar-refractivity contribution is -0.361. The van der Waals surface area contributed by atoms with E-state index in [2.05, 4.69) is 38.1 Å². The normalized spacial score (nSPS) is 39.9. The molecule has 1 heterocycles. The van der Waals surface area contributed by atoms with Gasteiger partial charge in [-0.1, -0.05) is 82.5 Å². The van der Waals surface area contributed by atoms with Crippen LogP contribution in [0.5, 0.6) is 0 Å². The van der Waals surface area contributed by atoms with Gasteiger partial charge < -0.3 is 24.8 Å². The number of esters is 2. The lowest BCUT2D eigenvalue weighted by Gasteiger charge is -2.76. The Hall–Kier alpha value is -2.48. The standard InChI is InChI=1S/C41H58O7/c1-28(11-10-14-30-12-6-5-7-13-30)17-21-39(45)24-23-37(3)26-33(48-29(2)42)36-38(4,32-15-8-9-16-32)20-19-34(43)41(36,39)40(37,46)22-18-31-25-35(44)47-27-31/h5-7,12-13,23-25,28,32-34,36,43,45-46H,8-11,14-22,26-27H2,1-4H3/t28-,33-,34-,36?,37-,38+,39-,40-,41+/m1/s1. The van der Waals surface area contributed by atoms with Crippen molar-refractivity contribution in [3.8, 4) is 0 Å². The van der Waals surface area contributed by atoms with Gasteiger partial charge >= 0.3 is 11.9 Å². The molecule has 48 heavy (non-hydrogen) atoms. The summed E-state index contributed by atoms with van der Waals surface area (Å²) in [5, 5.41) is 39.6. The minimum Gasteiger partial charge on any atom is -0.462 e. The first-order valence-corrected chi connectivity index (χ1v) is 18.7. The van der Waals surface area contributed by atoms with E-state index in [1.807, 2.05) is 25.1 Å². The van der Waals surface area contributed by atoms with Crippen molar-refractivity contribution in [1.82, 2.24) is 0 Å². The molecule has 7 heteroatoms. The average molecular weight is 663 g/mol. The highest BCUT2D eigenvalue weighted by molar-refractivity contribution is 5.85. The van der Waals surface area contributed by atoms with Gasteiger partial charge in [-0.15, -0.1) is 0 Å². The fourth-order valence-corrected chi connectivity index (χ4v) is 11.5. The van der Waals surface area contributed by atoms with Crippen LogP contribution < -0.4 is 0 Å². The van der Waals surface area contributed by atoms with Crippen LogP contribution in [-0.2, 0) is 25.5 Å². The molecule has 0 radical (unpaired) electrons. The van der Waals surface area contributed by atoms with Crippen LogP contribution in [-0.4, -0.2) is 57.3 Å². The summed E-state index contributed by atoms with van der Waals surface area (Å²) >= 11 is 0. The average Bonchev–Trinajstić information content (AvgIpc) is 3.74. The molecule has 5 aliphatic rings. The Morgan fingerprint density at radius 3 is 2.42 bits per heavy atom. The number of hydrogen-bond acceptors (Lipinski definition) is 7. The molecule has 3 fully saturated rings. The van der Waals surface area contributed by atoms with E-state index in [0.29, 0.717) is 37.5 Å². The number of ether oxygens (including phenoxy) is 2. The van der Waals surface area contributed by atoms with Crippen molar-refractivity contribution >= 4 is 11.9 Å². The molecule has 4 aliphatic carbocycles. The highest BCUT2D eigenvalue weighted by atomic mass is 16.5. The molecule has 1 aromatic carbocycles. The second kappa shape index (κ2) is 13.3. The number of aryl methyl sites for hydroxylation is 1. The number of cyclic esters (lactones) is 1. The van der Waals surface area contributed by atoms with Gasteiger partial charge in [0.1, 0.15) is 12.7 Å². The van der Waals surface area contributed by atoms with Gasteiger partial charge in [-0.3, -0.25) is 4.79 Å². The molecule has 1 unspecified atom stereocenters. The Labute approximate surface area is 287 Å². The molecule has 3 saturated carbocycles. The number of fused-ring (bicyclic) bond motifs is 1. The van der Waals surface area contributed by atoms with Crippen molar-refractivity contribution < 1.29 is 34.4 Å². The third-order valence-corrected chi connectivity index (χ3v) is 13.9. The van der Waals surface area contributed by atoms with E-state index < -0.39 is 40.2 Å². The minimum atomic E-state index is -1.55. The molecule has 6 rings (SSSR count). The third-order valence-electron chi connectivity index (χ3n) is 13.9. The Morgan fingerprint density at radius 1 is 1.02 bits per heavy atom. The summed E-state index contributed by atoms with van der Waals surface area (Å²) in [5.74, 6) is -0.541. The van der Waals surface area contributed by atoms with Gasteiger partial charge in [0.2, 0.25) is 0 Å². The summed E-state index contributed by atoms with van der Waals surface area (Å²) in [6, 6.07) is 10.5. The lowest BCUT2D eigenvalue weighted by atomic mass is 9.31. The van der Waals surface area contributed by atoms with Crippen molar-refractivity contribution in [3.05, 3.63) is 59.7 Å². The first-order valence-electron chi connectivity index (χ1n) is 18.7. The van der Waals surface area contributed by atoms with E-state index in [1.54, 1.807) is 0 Å². The van der Waals surface area contributed by atoms with Crippen molar-refractivity contribution in [2.24, 2.45) is 34.0 Å². The van der Waals surface area contributed by atoms with Gasteiger partial charge in [-0.2, -0.15) is 0 Å². The fourth-order valence-electron chi connectivity index (χ4n) is 11.5. The van der Waals surface area contributed by atoms with Crippen LogP contribution in [0.15, 0.2) is 54.1 Å². The summed E-state index contributed by atoms with van der Waals surface area (Å²) < 4.78 is 11.5. The van der Waals surface area contributed by atoms with E-state index >= 15 is 0 Å². The second-order valence-electron chi connectivity index (χ2n) is 16.7. The highest BCUT2D eigenvalue weighted by Gasteiger charge is 2.81. The molecule has 2 bridgehead atoms. The van der Waals surface area contributed by atoms with Crippen LogP contribution in [0.2, 0.25) is 0 Å². The Balaban J connectivity index is 1.41. The van der Waals surface area contributed by atoms with Crippen LogP contribution in [0.25, 0.3) is 0 Å². The topological polar surface area (TPSA) is 113 Å².